The zero-order valence-electron chi connectivity index (χ0n) is 25.3. The number of hydroxylamine groups is 1. The van der Waals surface area contributed by atoms with Crippen molar-refractivity contribution in [3.8, 4) is 5.75 Å². The molecular weight excluding hydrogens is 617 g/mol. The number of ether oxygens (including phenoxy) is 1. The first-order valence-corrected chi connectivity index (χ1v) is 14.7. The van der Waals surface area contributed by atoms with Gasteiger partial charge < -0.3 is 19.8 Å². The predicted molar refractivity (Wildman–Crippen MR) is 164 cm³/mol. The van der Waals surface area contributed by atoms with Gasteiger partial charge in [-0.2, -0.15) is 18.7 Å². The number of carbonyl (C=O) groups is 4. The van der Waals surface area contributed by atoms with Gasteiger partial charge in [0, 0.05) is 35.3 Å². The van der Waals surface area contributed by atoms with Crippen LogP contribution in [0, 0.1) is 6.92 Å². The van der Waals surface area contributed by atoms with Crippen molar-refractivity contribution in [3.05, 3.63) is 107 Å². The van der Waals surface area contributed by atoms with Crippen LogP contribution < -0.4 is 15.5 Å². The van der Waals surface area contributed by atoms with Crippen LogP contribution in [0.1, 0.15) is 40.0 Å². The van der Waals surface area contributed by atoms with E-state index in [1.807, 2.05) is 43.3 Å². The number of amides is 3. The van der Waals surface area contributed by atoms with Crippen molar-refractivity contribution < 1.29 is 41.9 Å². The van der Waals surface area contributed by atoms with Crippen molar-refractivity contribution in [1.82, 2.24) is 20.7 Å². The Morgan fingerprint density at radius 1 is 0.957 bits per heavy atom. The second-order valence-electron chi connectivity index (χ2n) is 11.3. The van der Waals surface area contributed by atoms with E-state index in [1.54, 1.807) is 36.4 Å². The highest BCUT2D eigenvalue weighted by molar-refractivity contribution is 5.95. The van der Waals surface area contributed by atoms with Crippen LogP contribution in [0.3, 0.4) is 0 Å². The van der Waals surface area contributed by atoms with Gasteiger partial charge in [0.25, 0.3) is 11.8 Å². The molecule has 1 atom stereocenters. The molecular formula is C34H31F3N4O6. The van der Waals surface area contributed by atoms with Gasteiger partial charge in [0.1, 0.15) is 12.4 Å². The maximum absolute atomic E-state index is 13.4. The molecule has 1 fully saturated rings. The van der Waals surface area contributed by atoms with E-state index >= 15 is 0 Å². The first-order chi connectivity index (χ1) is 22.4. The smallest absolute Gasteiger partial charge is 0.489 e. The Bertz CT molecular complexity index is 1780. The lowest BCUT2D eigenvalue weighted by atomic mass is 9.93. The summed E-state index contributed by atoms with van der Waals surface area (Å²) < 4.78 is 43.7. The van der Waals surface area contributed by atoms with Crippen LogP contribution >= 0.6 is 0 Å². The van der Waals surface area contributed by atoms with Gasteiger partial charge in [0.2, 0.25) is 5.91 Å². The molecule has 1 aliphatic heterocycles. The number of benzene rings is 3. The fraction of sp³-hybridized carbons (Fsp3) is 0.265. The lowest BCUT2D eigenvalue weighted by Crippen LogP contribution is -2.53. The normalized spacial score (nSPS) is 16.0. The van der Waals surface area contributed by atoms with E-state index in [1.165, 1.54) is 22.5 Å². The number of fused-ring (bicyclic) bond motifs is 1. The van der Waals surface area contributed by atoms with Crippen LogP contribution in [0.2, 0.25) is 0 Å². The Morgan fingerprint density at radius 2 is 1.66 bits per heavy atom. The molecule has 1 aliphatic rings. The number of hydrogen-bond acceptors (Lipinski definition) is 7. The maximum Gasteiger partial charge on any atom is 0.493 e. The molecule has 1 saturated heterocycles. The molecule has 2 N–H and O–H groups in total. The lowest BCUT2D eigenvalue weighted by molar-refractivity contribution is -0.207. The van der Waals surface area contributed by atoms with Crippen molar-refractivity contribution in [2.45, 2.75) is 44.5 Å². The SMILES string of the molecule is Cc1cc(COc2ccc(C(=O)NC3(CC(=O)NOC(=O)C(F)(F)F)CCN(C(=O)Cc4ccccc4)C3)cc2)c2ccccc2n1. The summed E-state index contributed by atoms with van der Waals surface area (Å²) in [6, 6.07) is 24.9. The average Bonchev–Trinajstić information content (AvgIpc) is 3.45. The fourth-order valence-electron chi connectivity index (χ4n) is 5.45. The van der Waals surface area contributed by atoms with Crippen LogP contribution in [0.4, 0.5) is 13.2 Å². The van der Waals surface area contributed by atoms with E-state index in [0.717, 1.165) is 27.7 Å². The third-order valence-electron chi connectivity index (χ3n) is 7.71. The van der Waals surface area contributed by atoms with Crippen LogP contribution in [0.5, 0.6) is 5.75 Å². The standard InChI is InChI=1S/C34H31F3N4O6/c1-22-17-25(27-9-5-6-10-28(27)38-22)20-46-26-13-11-24(12-14-26)31(44)39-33(19-29(42)40-47-32(45)34(35,36)37)15-16-41(21-33)30(43)18-23-7-3-2-4-8-23/h2-14,17H,15-16,18-21H2,1H3,(H,39,44)(H,40,42). The number of likely N-dealkylation sites (tertiary alicyclic amines) is 1. The van der Waals surface area contributed by atoms with Gasteiger partial charge in [-0.05, 0) is 55.3 Å². The molecule has 5 rings (SSSR count). The van der Waals surface area contributed by atoms with Crippen LogP contribution in [-0.4, -0.2) is 58.4 Å². The van der Waals surface area contributed by atoms with E-state index in [0.29, 0.717) is 5.75 Å². The van der Waals surface area contributed by atoms with Crippen molar-refractivity contribution >= 4 is 34.6 Å². The highest BCUT2D eigenvalue weighted by Crippen LogP contribution is 2.28. The molecule has 0 radical (unpaired) electrons. The number of nitrogens with one attached hydrogen (secondary N) is 2. The number of halogens is 3. The van der Waals surface area contributed by atoms with Crippen LogP contribution in [0.15, 0.2) is 84.9 Å². The molecule has 3 amide bonds. The summed E-state index contributed by atoms with van der Waals surface area (Å²) in [5, 5.41) is 3.77. The Kier molecular flexibility index (Phi) is 9.73. The third kappa shape index (κ3) is 8.43. The number of nitrogens with zero attached hydrogens (tertiary/aromatic N) is 2. The number of pyridine rings is 1. The third-order valence-corrected chi connectivity index (χ3v) is 7.71. The van der Waals surface area contributed by atoms with Gasteiger partial charge >= 0.3 is 12.1 Å². The zero-order valence-corrected chi connectivity index (χ0v) is 25.3. The molecule has 2 heterocycles. The molecule has 10 nitrogen and oxygen atoms in total. The number of alkyl halides is 3. The number of hydrogen-bond donors (Lipinski definition) is 2. The minimum atomic E-state index is -5.31. The Balaban J connectivity index is 1.26. The summed E-state index contributed by atoms with van der Waals surface area (Å²) >= 11 is 0. The molecule has 0 aliphatic carbocycles. The topological polar surface area (TPSA) is 127 Å². The van der Waals surface area contributed by atoms with Gasteiger partial charge in [-0.15, -0.1) is 0 Å². The van der Waals surface area contributed by atoms with E-state index in [-0.39, 0.29) is 44.0 Å². The summed E-state index contributed by atoms with van der Waals surface area (Å²) in [4.78, 5) is 60.1. The van der Waals surface area contributed by atoms with Crippen LogP contribution in [-0.2, 0) is 32.2 Å². The van der Waals surface area contributed by atoms with E-state index in [2.05, 4.69) is 15.1 Å². The highest BCUT2D eigenvalue weighted by Gasteiger charge is 2.45. The Labute approximate surface area is 267 Å². The predicted octanol–water partition coefficient (Wildman–Crippen LogP) is 4.59. The zero-order chi connectivity index (χ0) is 33.6. The molecule has 1 aromatic heterocycles. The number of carbonyl (C=O) groups excluding carboxylic acids is 4. The summed E-state index contributed by atoms with van der Waals surface area (Å²) in [5.41, 5.74) is 3.79. The summed E-state index contributed by atoms with van der Waals surface area (Å²) in [6.45, 7) is 2.25. The average molecular weight is 649 g/mol. The molecule has 3 aromatic carbocycles. The van der Waals surface area contributed by atoms with Crippen molar-refractivity contribution in [2.75, 3.05) is 13.1 Å². The van der Waals surface area contributed by atoms with Gasteiger partial charge in [0.15, 0.2) is 0 Å². The van der Waals surface area contributed by atoms with E-state index in [4.69, 9.17) is 4.74 Å². The molecule has 0 bridgehead atoms. The largest absolute Gasteiger partial charge is 0.493 e. The minimum Gasteiger partial charge on any atom is -0.489 e. The molecule has 47 heavy (non-hydrogen) atoms. The minimum absolute atomic E-state index is 0.0799. The first kappa shape index (κ1) is 32.9. The monoisotopic (exact) mass is 648 g/mol. The molecule has 13 heteroatoms. The van der Waals surface area contributed by atoms with Crippen molar-refractivity contribution in [1.29, 1.82) is 0 Å². The highest BCUT2D eigenvalue weighted by atomic mass is 19.4. The van der Waals surface area contributed by atoms with Gasteiger partial charge in [-0.3, -0.25) is 19.4 Å². The number of aryl methyl sites for hydroxylation is 1. The maximum atomic E-state index is 13.4. The number of para-hydroxylation sites is 1. The van der Waals surface area contributed by atoms with Gasteiger partial charge in [0.05, 0.1) is 23.9 Å². The summed E-state index contributed by atoms with van der Waals surface area (Å²) in [7, 11) is 0. The molecule has 4 aromatic rings. The summed E-state index contributed by atoms with van der Waals surface area (Å²) in [5.74, 6) is -4.01. The molecule has 1 unspecified atom stereocenters. The van der Waals surface area contributed by atoms with Crippen molar-refractivity contribution in [3.63, 3.8) is 0 Å². The quantitative estimate of drug-likeness (QED) is 0.254. The van der Waals surface area contributed by atoms with Gasteiger partial charge in [-0.1, -0.05) is 48.5 Å². The summed E-state index contributed by atoms with van der Waals surface area (Å²) in [6.07, 6.45) is -5.66. The molecule has 244 valence electrons. The lowest BCUT2D eigenvalue weighted by Gasteiger charge is -2.30. The van der Waals surface area contributed by atoms with Gasteiger partial charge in [-0.25, -0.2) is 4.79 Å². The van der Waals surface area contributed by atoms with E-state index in [9.17, 15) is 32.3 Å². The van der Waals surface area contributed by atoms with Crippen LogP contribution in [0.25, 0.3) is 10.9 Å². The molecule has 0 spiro atoms. The number of rotatable bonds is 9. The number of aromatic nitrogens is 1. The first-order valence-electron chi connectivity index (χ1n) is 14.7. The van der Waals surface area contributed by atoms with E-state index < -0.39 is 35.9 Å². The second-order valence-corrected chi connectivity index (χ2v) is 11.3. The second kappa shape index (κ2) is 13.9. The van der Waals surface area contributed by atoms with Crippen molar-refractivity contribution in [2.24, 2.45) is 0 Å². The fourth-order valence-corrected chi connectivity index (χ4v) is 5.45. The molecule has 0 saturated carbocycles. The Hall–Kier alpha value is -5.46. The Morgan fingerprint density at radius 3 is 2.38 bits per heavy atom.